The Labute approximate surface area is 687 Å². The van der Waals surface area contributed by atoms with E-state index < -0.39 is 297 Å². The van der Waals surface area contributed by atoms with E-state index in [-0.39, 0.29) is 55.3 Å². The van der Waals surface area contributed by atoms with Crippen molar-refractivity contribution in [3.63, 3.8) is 0 Å². The third kappa shape index (κ3) is 32.2. The maximum Gasteiger partial charge on any atom is 0.303 e. The molecule has 3 aliphatic rings. The molecule has 3 saturated heterocycles. The molecule has 2 bridgehead atoms. The number of rotatable bonds is 21. The molecule has 5 heterocycles. The fraction of sp³-hybridized carbons (Fsp3) is 0.632. The summed E-state index contributed by atoms with van der Waals surface area (Å²) >= 11 is 0. The molecule has 0 unspecified atom stereocenters. The summed E-state index contributed by atoms with van der Waals surface area (Å²) in [5, 5.41) is 65.5. The van der Waals surface area contributed by atoms with E-state index in [1.54, 1.807) is 27.7 Å². The highest BCUT2D eigenvalue weighted by Gasteiger charge is 2.43. The Morgan fingerprint density at radius 2 is 0.932 bits per heavy atom. The summed E-state index contributed by atoms with van der Waals surface area (Å²) in [6.07, 6.45) is 0.587. The Morgan fingerprint density at radius 1 is 0.504 bits per heavy atom. The van der Waals surface area contributed by atoms with Gasteiger partial charge in [-0.25, -0.2) is 9.97 Å². The number of imidazole rings is 2. The van der Waals surface area contributed by atoms with Gasteiger partial charge in [-0.3, -0.25) is 91.1 Å². The monoisotopic (exact) mass is 1720 g/mol. The van der Waals surface area contributed by atoms with Crippen LogP contribution in [0.25, 0.3) is 0 Å². The average molecular weight is 1720 g/mol. The highest BCUT2D eigenvalue weighted by molar-refractivity contribution is 8.77. The van der Waals surface area contributed by atoms with Gasteiger partial charge in [-0.2, -0.15) is 0 Å². The topological polar surface area (TPSA) is 718 Å². The molecule has 15 atom stereocenters. The smallest absolute Gasteiger partial charge is 0.303 e. The largest absolute Gasteiger partial charge is 0.481 e. The van der Waals surface area contributed by atoms with E-state index >= 15 is 9.59 Å². The second kappa shape index (κ2) is 48.4. The lowest BCUT2D eigenvalue weighted by Gasteiger charge is -2.31. The number of hydrogen-bond donors (Lipinski definition) is 23. The van der Waals surface area contributed by atoms with Crippen molar-refractivity contribution in [2.75, 3.05) is 55.9 Å². The highest BCUT2D eigenvalue weighted by Crippen LogP contribution is 2.27. The van der Waals surface area contributed by atoms with E-state index in [2.05, 4.69) is 94.4 Å². The van der Waals surface area contributed by atoms with Gasteiger partial charge in [0.05, 0.1) is 51.2 Å². The molecule has 117 heavy (non-hydrogen) atoms. The zero-order valence-electron chi connectivity index (χ0n) is 65.0. The van der Waals surface area contributed by atoms with E-state index in [0.717, 1.165) is 48.1 Å². The third-order valence-electron chi connectivity index (χ3n) is 18.1. The number of nitrogens with one attached hydrogen (secondary N) is 16. The quantitative estimate of drug-likeness (QED) is 0.0516. The lowest BCUT2D eigenvalue weighted by molar-refractivity contribution is -0.143. The number of aliphatic carboxylic acids is 1. The SMILES string of the molecule is CC(C)C[C@@H]1NC(=O)[C@H](CC(N)=O)NC(=O)[C@H](CO)NC(=O)[C@H](Cc2cnc[nH]2)NC(=O)[C@H](CCC(=O)O)NC(=O)[C@H](CC(C)C)NC(=O)[C@H](Cc2cnc[nH]2)NC(=O)[C@@H]2CSSC[C@H](NC(=O)CN)C(=O)N[C@@H](CSSC[C@@H](C(N)=O)CNC1=O)C(=O)N[C@@H](CO)C(=O)N[C@@H](CC(N)=O)C(=O)N1CCC[C@H]1C(=O)N[C@@H](C(C)C)C(=O)N2. The molecule has 0 aliphatic carbocycles. The number of primary amides is 3. The molecule has 2 aromatic rings. The minimum absolute atomic E-state index is 0.0305. The number of nitrogens with zero attached hydrogens (tertiary/aromatic N) is 3. The maximum atomic E-state index is 15.2. The molecule has 18 amide bonds. The number of carboxylic acid groups (broad SMARTS) is 1. The summed E-state index contributed by atoms with van der Waals surface area (Å²) in [5.41, 5.74) is 23.0. The molecule has 27 N–H and O–H groups in total. The van der Waals surface area contributed by atoms with Gasteiger partial charge in [-0.05, 0) is 49.9 Å². The molecular formula is C68H105N23O22S4. The molecule has 0 saturated carbocycles. The fourth-order valence-electron chi connectivity index (χ4n) is 11.9. The van der Waals surface area contributed by atoms with Crippen LogP contribution in [0.2, 0.25) is 0 Å². The summed E-state index contributed by atoms with van der Waals surface area (Å²) < 4.78 is 0. The summed E-state index contributed by atoms with van der Waals surface area (Å²) in [6.45, 7) is 5.91. The van der Waals surface area contributed by atoms with Gasteiger partial charge < -0.3 is 128 Å². The molecule has 0 radical (unpaired) electrons. The van der Waals surface area contributed by atoms with Crippen molar-refractivity contribution in [2.45, 2.75) is 190 Å². The maximum absolute atomic E-state index is 15.2. The molecule has 648 valence electrons. The fourth-order valence-corrected chi connectivity index (χ4v) is 16.8. The number of fused-ring (bicyclic) bond motifs is 9. The zero-order valence-corrected chi connectivity index (χ0v) is 68.3. The van der Waals surface area contributed by atoms with E-state index in [1.165, 1.54) is 38.9 Å². The van der Waals surface area contributed by atoms with Gasteiger partial charge in [0.1, 0.15) is 84.6 Å². The van der Waals surface area contributed by atoms with Gasteiger partial charge in [0.2, 0.25) is 106 Å². The van der Waals surface area contributed by atoms with E-state index in [1.807, 2.05) is 0 Å². The Hall–Kier alpha value is -10.4. The number of H-pyrrole nitrogens is 2. The Balaban J connectivity index is 1.70. The van der Waals surface area contributed by atoms with Crippen LogP contribution in [0.3, 0.4) is 0 Å². The predicted octanol–water partition coefficient (Wildman–Crippen LogP) is -9.47. The summed E-state index contributed by atoms with van der Waals surface area (Å²) in [7, 11) is 3.29. The number of carbonyl (C=O) groups excluding carboxylic acids is 18. The summed E-state index contributed by atoms with van der Waals surface area (Å²) in [6, 6.07) is -24.3. The van der Waals surface area contributed by atoms with Gasteiger partial charge in [0.15, 0.2) is 0 Å². The molecule has 5 rings (SSSR count). The van der Waals surface area contributed by atoms with Crippen molar-refractivity contribution in [1.82, 2.24) is 99.3 Å². The van der Waals surface area contributed by atoms with Crippen LogP contribution in [0.5, 0.6) is 0 Å². The number of nitrogens with two attached hydrogens (primary N) is 4. The molecule has 49 heteroatoms. The van der Waals surface area contributed by atoms with Gasteiger partial charge >= 0.3 is 5.97 Å². The predicted molar refractivity (Wildman–Crippen MR) is 421 cm³/mol. The number of aromatic nitrogens is 4. The second-order valence-corrected chi connectivity index (χ2v) is 34.0. The van der Waals surface area contributed by atoms with Gasteiger partial charge in [-0.15, -0.1) is 0 Å². The minimum Gasteiger partial charge on any atom is -0.481 e. The molecule has 0 aromatic carbocycles. The van der Waals surface area contributed by atoms with Crippen LogP contribution in [0.4, 0.5) is 0 Å². The van der Waals surface area contributed by atoms with E-state index in [4.69, 9.17) is 22.9 Å². The molecule has 3 fully saturated rings. The van der Waals surface area contributed by atoms with E-state index in [0.29, 0.717) is 0 Å². The number of aromatic amines is 2. The first-order chi connectivity index (χ1) is 55.3. The highest BCUT2D eigenvalue weighted by atomic mass is 33.1. The van der Waals surface area contributed by atoms with Crippen LogP contribution in [0.15, 0.2) is 25.0 Å². The molecule has 45 nitrogen and oxygen atoms in total. The minimum atomic E-state index is -2.00. The molecular weight excluding hydrogens is 1620 g/mol. The zero-order chi connectivity index (χ0) is 86.9. The Bertz CT molecular complexity index is 3850. The van der Waals surface area contributed by atoms with Crippen LogP contribution in [0.1, 0.15) is 104 Å². The van der Waals surface area contributed by atoms with Gasteiger partial charge in [0, 0.05) is 79.1 Å². The molecule has 2 aromatic heterocycles. The van der Waals surface area contributed by atoms with Crippen molar-refractivity contribution < 1.29 is 106 Å². The van der Waals surface area contributed by atoms with Crippen LogP contribution < -0.4 is 97.4 Å². The number of carboxylic acids is 1. The number of aliphatic hydroxyl groups is 2. The van der Waals surface area contributed by atoms with E-state index in [9.17, 15) is 96.8 Å². The van der Waals surface area contributed by atoms with Crippen molar-refractivity contribution >= 4 is 155 Å². The van der Waals surface area contributed by atoms with Gasteiger partial charge in [-0.1, -0.05) is 84.7 Å². The average Bonchev–Trinajstić information content (AvgIpc) is 1.75. The van der Waals surface area contributed by atoms with Crippen molar-refractivity contribution in [3.8, 4) is 0 Å². The normalized spacial score (nSPS) is 26.8. The van der Waals surface area contributed by atoms with Crippen LogP contribution in [0, 0.1) is 23.7 Å². The Morgan fingerprint density at radius 3 is 1.42 bits per heavy atom. The van der Waals surface area contributed by atoms with Crippen molar-refractivity contribution in [2.24, 2.45) is 46.6 Å². The molecule has 0 spiro atoms. The first kappa shape index (κ1) is 97.2. The third-order valence-corrected chi connectivity index (χ3v) is 23.0. The number of aliphatic hydroxyl groups excluding tert-OH is 2. The molecule has 3 aliphatic heterocycles. The number of amides is 18. The first-order valence-electron chi connectivity index (χ1n) is 37.3. The number of carbonyl (C=O) groups is 19. The number of hydrogen-bond acceptors (Lipinski definition) is 28. The Kier molecular flexibility index (Phi) is 40.2. The lowest BCUT2D eigenvalue weighted by Crippen LogP contribution is -2.62. The summed E-state index contributed by atoms with van der Waals surface area (Å²) in [4.78, 5) is 282. The summed E-state index contributed by atoms with van der Waals surface area (Å²) in [5.74, 6) is -26.0. The first-order valence-corrected chi connectivity index (χ1v) is 42.3. The van der Waals surface area contributed by atoms with Crippen LogP contribution in [-0.4, -0.2) is 293 Å². The van der Waals surface area contributed by atoms with Crippen molar-refractivity contribution in [3.05, 3.63) is 36.4 Å². The van der Waals surface area contributed by atoms with Crippen molar-refractivity contribution in [1.29, 1.82) is 0 Å². The lowest BCUT2D eigenvalue weighted by atomic mass is 10.0. The van der Waals surface area contributed by atoms with Crippen LogP contribution >= 0.6 is 43.2 Å². The van der Waals surface area contributed by atoms with Gasteiger partial charge in [0.25, 0.3) is 0 Å². The van der Waals surface area contributed by atoms with Crippen LogP contribution in [-0.2, 0) is 104 Å². The standard InChI is InChI=1S/C68H105N23O22S4/c1-30(2)12-37-55(100)75-19-33(54(72)99)24-114-115-26-46-65(110)87-44(23-93)62(107)85-42(17-50(71)95)68(113)91-11-7-8-48(91)66(111)90-53(32(5)6)67(112)89-47(27-117-116-25-45(63(108)88-46)78-51(96)18-69)64(109)83-39(14-34-20-73-28-76-34)58(103)81-38(13-31(3)4)57(102)79-36(9-10-52(97)98)56(101)82-40(15-35-21-74-29-77-35)59(104)86-43(22-92)61(106)84-41(16-49(70)94)60(105)80-37/h20-21,28-33,36-48,53,92-93H,7-19,22-27,69H2,1-6H3,(H2,70,94)(H2,71,95)(H2,72,99)(H,73,76)(H,74,77)(H,75,100)(H,78,96)(H,79,102)(H,80,105)(H,81,103)(H,82,101)(H,83,109)(H,84,106)(H,85,107)(H,86,104)(H,87,110)(H,88,108)(H,89,112)(H,90,111)(H,97,98)/t33-,36-,37-,38-,39-,40-,41-,42-,43-,44-,45-,46-,47-,48-,53-/m0/s1. The second-order valence-electron chi connectivity index (χ2n) is 28.9.